The largest absolute Gasteiger partial charge is 0.467 e. The molecule has 2 aromatic carbocycles. The third-order valence-electron chi connectivity index (χ3n) is 8.44. The normalized spacial score (nSPS) is 18.1. The van der Waals surface area contributed by atoms with E-state index in [1.54, 1.807) is 22.2 Å². The highest BCUT2D eigenvalue weighted by atomic mass is 35.5. The van der Waals surface area contributed by atoms with E-state index in [0.717, 1.165) is 63.1 Å². The number of carbonyl (C=O) groups is 1. The Morgan fingerprint density at radius 3 is 2.73 bits per heavy atom. The van der Waals surface area contributed by atoms with Crippen molar-refractivity contribution in [3.8, 4) is 5.69 Å². The van der Waals surface area contributed by atoms with Gasteiger partial charge in [0.15, 0.2) is 5.16 Å². The van der Waals surface area contributed by atoms with Gasteiger partial charge in [0.2, 0.25) is 0 Å². The predicted octanol–water partition coefficient (Wildman–Crippen LogP) is 7.91. The second-order valence-corrected chi connectivity index (χ2v) is 14.1. The Morgan fingerprint density at radius 2 is 1.95 bits per heavy atom. The van der Waals surface area contributed by atoms with Crippen molar-refractivity contribution < 1.29 is 9.21 Å². The zero-order valence-electron chi connectivity index (χ0n) is 24.7. The van der Waals surface area contributed by atoms with Crippen molar-refractivity contribution >= 4 is 56.5 Å². The zero-order valence-corrected chi connectivity index (χ0v) is 27.1. The first-order valence-electron chi connectivity index (χ1n) is 14.7. The van der Waals surface area contributed by atoms with Gasteiger partial charge < -0.3 is 4.42 Å². The van der Waals surface area contributed by atoms with Crippen molar-refractivity contribution in [3.05, 3.63) is 109 Å². The number of nitrogens with zero attached hydrogens (tertiary/aromatic N) is 4. The zero-order chi connectivity index (χ0) is 30.5. The van der Waals surface area contributed by atoms with Crippen molar-refractivity contribution in [2.75, 3.05) is 5.75 Å². The molecule has 4 heterocycles. The fourth-order valence-electron chi connectivity index (χ4n) is 6.09. The number of thioether (sulfide) groups is 1. The Hall–Kier alpha value is -3.66. The first kappa shape index (κ1) is 29.1. The second-order valence-electron chi connectivity index (χ2n) is 11.7. The van der Waals surface area contributed by atoms with Crippen LogP contribution in [0.1, 0.15) is 58.7 Å². The van der Waals surface area contributed by atoms with E-state index in [-0.39, 0.29) is 23.3 Å². The number of benzene rings is 2. The van der Waals surface area contributed by atoms with Gasteiger partial charge in [-0.05, 0) is 91.6 Å². The number of aromatic nitrogens is 2. The highest BCUT2D eigenvalue weighted by Gasteiger charge is 2.35. The summed E-state index contributed by atoms with van der Waals surface area (Å²) in [5, 5.41) is 8.14. The summed E-state index contributed by atoms with van der Waals surface area (Å²) >= 11 is 9.01. The Balaban J connectivity index is 1.27. The van der Waals surface area contributed by atoms with Gasteiger partial charge in [0.25, 0.3) is 11.5 Å². The molecule has 0 radical (unpaired) electrons. The van der Waals surface area contributed by atoms with Crippen LogP contribution in [0.4, 0.5) is 0 Å². The van der Waals surface area contributed by atoms with Crippen LogP contribution in [0.15, 0.2) is 80.3 Å². The molecule has 1 aliphatic carbocycles. The Kier molecular flexibility index (Phi) is 7.72. The molecule has 0 spiro atoms. The van der Waals surface area contributed by atoms with Gasteiger partial charge in [0.05, 0.1) is 28.8 Å². The predicted molar refractivity (Wildman–Crippen MR) is 178 cm³/mol. The summed E-state index contributed by atoms with van der Waals surface area (Å²) in [6.45, 7) is 6.28. The van der Waals surface area contributed by atoms with Gasteiger partial charge in [-0.1, -0.05) is 54.6 Å². The number of halogens is 1. The molecule has 224 valence electrons. The fraction of sp³-hybridized carbons (Fsp3) is 0.294. The number of hydrogen-bond donors (Lipinski definition) is 0. The molecule has 1 aliphatic heterocycles. The smallest absolute Gasteiger partial charge is 0.267 e. The third kappa shape index (κ3) is 5.31. The van der Waals surface area contributed by atoms with E-state index in [4.69, 9.17) is 26.1 Å². The molecule has 2 atom stereocenters. The molecule has 7 nitrogen and oxygen atoms in total. The molecule has 0 saturated heterocycles. The first-order valence-corrected chi connectivity index (χ1v) is 16.9. The number of aryl methyl sites for hydroxylation is 3. The molecule has 10 heteroatoms. The lowest BCUT2D eigenvalue weighted by Gasteiger charge is -2.20. The van der Waals surface area contributed by atoms with E-state index in [0.29, 0.717) is 28.3 Å². The lowest BCUT2D eigenvalue weighted by molar-refractivity contribution is -0.130. The molecule has 3 aromatic heterocycles. The van der Waals surface area contributed by atoms with Crippen LogP contribution >= 0.6 is 34.7 Å². The van der Waals surface area contributed by atoms with Crippen LogP contribution in [-0.2, 0) is 17.6 Å². The third-order valence-corrected chi connectivity index (χ3v) is 10.8. The van der Waals surface area contributed by atoms with Crippen LogP contribution in [0.5, 0.6) is 0 Å². The van der Waals surface area contributed by atoms with Crippen molar-refractivity contribution in [3.63, 3.8) is 0 Å². The Bertz CT molecular complexity index is 1980. The van der Waals surface area contributed by atoms with Crippen LogP contribution in [0, 0.1) is 19.8 Å². The lowest BCUT2D eigenvalue weighted by Crippen LogP contribution is -2.29. The van der Waals surface area contributed by atoms with E-state index in [1.807, 2.05) is 68.4 Å². The number of hydrogen-bond acceptors (Lipinski definition) is 7. The number of thiophene rings is 1. The molecular formula is C34H31ClN4O3S2. The standard InChI is InChI=1S/C34H31ClN4O3S2/c1-19-6-8-21(3)26(15-19)38-33(41)31-24-13-7-20(2)16-29(24)44-32(31)36-34(38)43-18-30(40)39-27(28-5-4-14-42-28)17-25(37-39)22-9-11-23(35)12-10-22/h4-6,8-12,14-15,20,27H,7,13,16-18H2,1-3H3/t20-,27+/m0/s1. The number of carbonyl (C=O) groups excluding carboxylic acids is 1. The summed E-state index contributed by atoms with van der Waals surface area (Å²) in [5.74, 6) is 1.12. The molecule has 0 unspecified atom stereocenters. The molecule has 0 N–H and O–H groups in total. The lowest BCUT2D eigenvalue weighted by atomic mass is 9.89. The summed E-state index contributed by atoms with van der Waals surface area (Å²) < 4.78 is 7.44. The van der Waals surface area contributed by atoms with Gasteiger partial charge >= 0.3 is 0 Å². The Labute approximate surface area is 268 Å². The maximum atomic E-state index is 14.3. The van der Waals surface area contributed by atoms with Gasteiger partial charge in [-0.25, -0.2) is 9.99 Å². The maximum absolute atomic E-state index is 14.3. The summed E-state index contributed by atoms with van der Waals surface area (Å²) in [7, 11) is 0. The highest BCUT2D eigenvalue weighted by molar-refractivity contribution is 7.99. The second kappa shape index (κ2) is 11.7. The monoisotopic (exact) mass is 642 g/mol. The minimum atomic E-state index is -0.369. The van der Waals surface area contributed by atoms with Crippen molar-refractivity contribution in [1.82, 2.24) is 14.6 Å². The SMILES string of the molecule is Cc1ccc(C)c(-n2c(SCC(=O)N3N=C(c4ccc(Cl)cc4)C[C@@H]3c3ccco3)nc3sc4c(c3c2=O)CC[C@H](C)C4)c1. The molecule has 1 amide bonds. The van der Waals surface area contributed by atoms with E-state index < -0.39 is 0 Å². The highest BCUT2D eigenvalue weighted by Crippen LogP contribution is 2.38. The molecule has 44 heavy (non-hydrogen) atoms. The van der Waals surface area contributed by atoms with Crippen molar-refractivity contribution in [2.24, 2.45) is 11.0 Å². The number of hydrazone groups is 1. The number of fused-ring (bicyclic) bond motifs is 3. The number of furan rings is 1. The average molecular weight is 643 g/mol. The molecule has 2 aliphatic rings. The molecule has 0 saturated carbocycles. The maximum Gasteiger partial charge on any atom is 0.267 e. The molecular weight excluding hydrogens is 612 g/mol. The summed E-state index contributed by atoms with van der Waals surface area (Å²) in [4.78, 5) is 35.3. The number of amides is 1. The van der Waals surface area contributed by atoms with Crippen molar-refractivity contribution in [2.45, 2.75) is 57.7 Å². The Morgan fingerprint density at radius 1 is 1.14 bits per heavy atom. The van der Waals surface area contributed by atoms with Crippen LogP contribution in [0.25, 0.3) is 15.9 Å². The van der Waals surface area contributed by atoms with Crippen LogP contribution in [0.2, 0.25) is 5.02 Å². The van der Waals surface area contributed by atoms with Crippen LogP contribution in [-0.4, -0.2) is 31.9 Å². The summed E-state index contributed by atoms with van der Waals surface area (Å²) in [6.07, 6.45) is 5.05. The van der Waals surface area contributed by atoms with Gasteiger partial charge in [0, 0.05) is 16.3 Å². The molecule has 0 fully saturated rings. The number of rotatable bonds is 6. The summed E-state index contributed by atoms with van der Waals surface area (Å²) in [5.41, 5.74) is 5.58. The van der Waals surface area contributed by atoms with Gasteiger partial charge in [-0.3, -0.25) is 14.2 Å². The molecule has 5 aromatic rings. The summed E-state index contributed by atoms with van der Waals surface area (Å²) in [6, 6.07) is 16.9. The topological polar surface area (TPSA) is 80.7 Å². The van der Waals surface area contributed by atoms with E-state index in [9.17, 15) is 9.59 Å². The quantitative estimate of drug-likeness (QED) is 0.139. The van der Waals surface area contributed by atoms with Gasteiger partial charge in [0.1, 0.15) is 16.6 Å². The average Bonchev–Trinajstić information content (AvgIpc) is 3.76. The minimum Gasteiger partial charge on any atom is -0.467 e. The molecule has 0 bridgehead atoms. The van der Waals surface area contributed by atoms with Crippen LogP contribution in [0.3, 0.4) is 0 Å². The molecule has 7 rings (SSSR count). The van der Waals surface area contributed by atoms with E-state index >= 15 is 0 Å². The van der Waals surface area contributed by atoms with Gasteiger partial charge in [-0.2, -0.15) is 5.10 Å². The first-order chi connectivity index (χ1) is 21.3. The minimum absolute atomic E-state index is 0.0551. The van der Waals surface area contributed by atoms with Crippen LogP contribution < -0.4 is 5.56 Å². The van der Waals surface area contributed by atoms with E-state index in [2.05, 4.69) is 6.92 Å². The van der Waals surface area contributed by atoms with Gasteiger partial charge in [-0.15, -0.1) is 11.3 Å². The van der Waals surface area contributed by atoms with E-state index in [1.165, 1.54) is 21.6 Å². The van der Waals surface area contributed by atoms with Crippen molar-refractivity contribution in [1.29, 1.82) is 0 Å². The fourth-order valence-corrected chi connectivity index (χ4v) is 8.50.